The highest BCUT2D eigenvalue weighted by atomic mass is 35.5. The fourth-order valence-corrected chi connectivity index (χ4v) is 2.30. The second-order valence-corrected chi connectivity index (χ2v) is 4.69. The van der Waals surface area contributed by atoms with Crippen LogP contribution in [0.1, 0.15) is 13.3 Å². The van der Waals surface area contributed by atoms with Crippen molar-refractivity contribution in [1.29, 1.82) is 0 Å². The van der Waals surface area contributed by atoms with Crippen LogP contribution >= 0.6 is 11.6 Å². The van der Waals surface area contributed by atoms with Gasteiger partial charge in [0.05, 0.1) is 5.92 Å². The van der Waals surface area contributed by atoms with Crippen molar-refractivity contribution in [3.63, 3.8) is 0 Å². The molecule has 2 rings (SSSR count). The largest absolute Gasteiger partial charge is 0.316 e. The molecule has 1 heterocycles. The maximum Gasteiger partial charge on any atom is 0.231 e. The lowest BCUT2D eigenvalue weighted by molar-refractivity contribution is -0.121. The van der Waals surface area contributed by atoms with E-state index in [0.717, 1.165) is 25.2 Å². The predicted octanol–water partition coefficient (Wildman–Crippen LogP) is 2.30. The molecule has 0 saturated carbocycles. The molecule has 1 aromatic carbocycles. The van der Waals surface area contributed by atoms with Crippen LogP contribution in [0.15, 0.2) is 24.3 Å². The number of halogens is 1. The molecule has 1 aliphatic rings. The van der Waals surface area contributed by atoms with Gasteiger partial charge in [0.25, 0.3) is 0 Å². The zero-order valence-corrected chi connectivity index (χ0v) is 10.7. The monoisotopic (exact) mass is 252 g/mol. The van der Waals surface area contributed by atoms with Crippen molar-refractivity contribution in [2.75, 3.05) is 24.5 Å². The molecule has 0 bridgehead atoms. The third-order valence-electron chi connectivity index (χ3n) is 3.13. The summed E-state index contributed by atoms with van der Waals surface area (Å²) in [5.41, 5.74) is 0.925. The Morgan fingerprint density at radius 1 is 1.47 bits per heavy atom. The van der Waals surface area contributed by atoms with Crippen LogP contribution in [0.5, 0.6) is 0 Å². The normalized spacial score (nSPS) is 19.3. The van der Waals surface area contributed by atoms with Gasteiger partial charge >= 0.3 is 0 Å². The minimum absolute atomic E-state index is 0.116. The van der Waals surface area contributed by atoms with E-state index in [1.807, 2.05) is 36.1 Å². The maximum absolute atomic E-state index is 12.3. The van der Waals surface area contributed by atoms with Gasteiger partial charge in [0.2, 0.25) is 5.91 Å². The molecule has 0 radical (unpaired) electrons. The Hall–Kier alpha value is -1.06. The number of hydrogen-bond acceptors (Lipinski definition) is 2. The van der Waals surface area contributed by atoms with Crippen molar-refractivity contribution >= 4 is 23.2 Å². The third-order valence-corrected chi connectivity index (χ3v) is 3.38. The van der Waals surface area contributed by atoms with Crippen molar-refractivity contribution in [1.82, 2.24) is 5.32 Å². The molecule has 1 atom stereocenters. The van der Waals surface area contributed by atoms with E-state index in [2.05, 4.69) is 5.32 Å². The van der Waals surface area contributed by atoms with E-state index in [9.17, 15) is 4.79 Å². The number of carbonyl (C=O) groups excluding carboxylic acids is 1. The smallest absolute Gasteiger partial charge is 0.231 e. The number of benzene rings is 1. The zero-order valence-electron chi connectivity index (χ0n) is 9.95. The molecule has 1 aromatic rings. The van der Waals surface area contributed by atoms with Crippen LogP contribution in [0.3, 0.4) is 0 Å². The number of nitrogens with zero attached hydrogens (tertiary/aromatic N) is 1. The Labute approximate surface area is 107 Å². The molecule has 1 aliphatic heterocycles. The first-order valence-electron chi connectivity index (χ1n) is 6.00. The molecule has 1 unspecified atom stereocenters. The number of nitrogens with one attached hydrogen (secondary N) is 1. The fraction of sp³-hybridized carbons (Fsp3) is 0.462. The average molecular weight is 253 g/mol. The van der Waals surface area contributed by atoms with Gasteiger partial charge in [0, 0.05) is 23.8 Å². The van der Waals surface area contributed by atoms with Gasteiger partial charge in [-0.15, -0.1) is 0 Å². The SMILES string of the molecule is CCN(C(=O)C1CCNC1)c1ccc(Cl)cc1. The van der Waals surface area contributed by atoms with Crippen LogP contribution in [-0.2, 0) is 4.79 Å². The van der Waals surface area contributed by atoms with Crippen molar-refractivity contribution in [3.05, 3.63) is 29.3 Å². The molecular formula is C13H17ClN2O. The molecule has 0 aromatic heterocycles. The number of amides is 1. The van der Waals surface area contributed by atoms with E-state index in [4.69, 9.17) is 11.6 Å². The summed E-state index contributed by atoms with van der Waals surface area (Å²) in [7, 11) is 0. The van der Waals surface area contributed by atoms with Gasteiger partial charge in [-0.1, -0.05) is 11.6 Å². The van der Waals surface area contributed by atoms with Gasteiger partial charge in [-0.2, -0.15) is 0 Å². The standard InChI is InChI=1S/C13H17ClN2O/c1-2-16(12-5-3-11(14)4-6-12)13(17)10-7-8-15-9-10/h3-6,10,15H,2,7-9H2,1H3. The highest BCUT2D eigenvalue weighted by Gasteiger charge is 2.26. The summed E-state index contributed by atoms with van der Waals surface area (Å²) in [5, 5.41) is 3.92. The number of rotatable bonds is 3. The molecule has 0 aliphatic carbocycles. The Bertz CT molecular complexity index is 385. The molecule has 1 saturated heterocycles. The van der Waals surface area contributed by atoms with Gasteiger partial charge in [-0.05, 0) is 44.2 Å². The molecule has 1 N–H and O–H groups in total. The fourth-order valence-electron chi connectivity index (χ4n) is 2.17. The number of anilines is 1. The quantitative estimate of drug-likeness (QED) is 0.895. The summed E-state index contributed by atoms with van der Waals surface area (Å²) in [5.74, 6) is 0.324. The average Bonchev–Trinajstić information content (AvgIpc) is 2.86. The van der Waals surface area contributed by atoms with Crippen LogP contribution in [-0.4, -0.2) is 25.5 Å². The van der Waals surface area contributed by atoms with E-state index in [0.29, 0.717) is 11.6 Å². The number of carbonyl (C=O) groups is 1. The van der Waals surface area contributed by atoms with Gasteiger partial charge in [-0.3, -0.25) is 4.79 Å². The van der Waals surface area contributed by atoms with Crippen LogP contribution in [0.25, 0.3) is 0 Å². The first kappa shape index (κ1) is 12.4. The first-order chi connectivity index (χ1) is 8.22. The molecule has 3 nitrogen and oxygen atoms in total. The molecule has 1 fully saturated rings. The number of hydrogen-bond donors (Lipinski definition) is 1. The first-order valence-corrected chi connectivity index (χ1v) is 6.38. The lowest BCUT2D eigenvalue weighted by atomic mass is 10.1. The molecule has 17 heavy (non-hydrogen) atoms. The van der Waals surface area contributed by atoms with Crippen LogP contribution in [0, 0.1) is 5.92 Å². The van der Waals surface area contributed by atoms with E-state index < -0.39 is 0 Å². The Balaban J connectivity index is 2.14. The van der Waals surface area contributed by atoms with E-state index in [1.54, 1.807) is 0 Å². The predicted molar refractivity (Wildman–Crippen MR) is 70.5 cm³/mol. The molecule has 0 spiro atoms. The molecule has 1 amide bonds. The Kier molecular flexibility index (Phi) is 4.02. The van der Waals surface area contributed by atoms with Crippen molar-refractivity contribution < 1.29 is 4.79 Å². The topological polar surface area (TPSA) is 32.3 Å². The second-order valence-electron chi connectivity index (χ2n) is 4.25. The van der Waals surface area contributed by atoms with Gasteiger partial charge < -0.3 is 10.2 Å². The maximum atomic E-state index is 12.3. The third kappa shape index (κ3) is 2.79. The zero-order chi connectivity index (χ0) is 12.3. The van der Waals surface area contributed by atoms with Crippen molar-refractivity contribution in [2.45, 2.75) is 13.3 Å². The minimum Gasteiger partial charge on any atom is -0.316 e. The van der Waals surface area contributed by atoms with Gasteiger partial charge in [-0.25, -0.2) is 0 Å². The van der Waals surface area contributed by atoms with E-state index in [1.165, 1.54) is 0 Å². The summed E-state index contributed by atoms with van der Waals surface area (Å²) >= 11 is 5.85. The Morgan fingerprint density at radius 2 is 2.18 bits per heavy atom. The van der Waals surface area contributed by atoms with Crippen LogP contribution in [0.4, 0.5) is 5.69 Å². The lowest BCUT2D eigenvalue weighted by Crippen LogP contribution is -2.36. The Morgan fingerprint density at radius 3 is 2.71 bits per heavy atom. The van der Waals surface area contributed by atoms with Crippen LogP contribution < -0.4 is 10.2 Å². The summed E-state index contributed by atoms with van der Waals surface area (Å²) < 4.78 is 0. The van der Waals surface area contributed by atoms with Gasteiger partial charge in [0.15, 0.2) is 0 Å². The molecular weight excluding hydrogens is 236 g/mol. The summed E-state index contributed by atoms with van der Waals surface area (Å²) in [6.07, 6.45) is 0.933. The van der Waals surface area contributed by atoms with Crippen molar-refractivity contribution in [3.8, 4) is 0 Å². The van der Waals surface area contributed by atoms with E-state index in [-0.39, 0.29) is 11.8 Å². The summed E-state index contributed by atoms with van der Waals surface area (Å²) in [6.45, 7) is 4.42. The molecule has 4 heteroatoms. The van der Waals surface area contributed by atoms with E-state index >= 15 is 0 Å². The summed E-state index contributed by atoms with van der Waals surface area (Å²) in [6, 6.07) is 7.43. The lowest BCUT2D eigenvalue weighted by Gasteiger charge is -2.24. The minimum atomic E-state index is 0.116. The van der Waals surface area contributed by atoms with Crippen LogP contribution in [0.2, 0.25) is 5.02 Å². The highest BCUT2D eigenvalue weighted by Crippen LogP contribution is 2.21. The van der Waals surface area contributed by atoms with Gasteiger partial charge in [0.1, 0.15) is 0 Å². The molecule has 92 valence electrons. The summed E-state index contributed by atoms with van der Waals surface area (Å²) in [4.78, 5) is 14.1. The second kappa shape index (κ2) is 5.52. The highest BCUT2D eigenvalue weighted by molar-refractivity contribution is 6.30. The van der Waals surface area contributed by atoms with Crippen molar-refractivity contribution in [2.24, 2.45) is 5.92 Å².